The molecule has 3 aromatic rings. The number of nitrogens with one attached hydrogen (secondary N) is 5. The van der Waals surface area contributed by atoms with Gasteiger partial charge in [-0.1, -0.05) is 67.1 Å². The van der Waals surface area contributed by atoms with E-state index >= 15 is 0 Å². The Labute approximate surface area is 497 Å². The largest absolute Gasteiger partial charge is 0.748 e. The van der Waals surface area contributed by atoms with Gasteiger partial charge in [0.25, 0.3) is 0 Å². The van der Waals surface area contributed by atoms with Gasteiger partial charge in [-0.25, -0.2) is 13.4 Å². The lowest BCUT2D eigenvalue weighted by Gasteiger charge is -2.37. The van der Waals surface area contributed by atoms with E-state index in [9.17, 15) is 60.9 Å². The number of carbonyl (C=O) groups excluding carboxylic acids is 7. The fourth-order valence-corrected chi connectivity index (χ4v) is 14.1. The van der Waals surface area contributed by atoms with E-state index < -0.39 is 94.5 Å². The maximum atomic E-state index is 14.6. The van der Waals surface area contributed by atoms with Crippen LogP contribution < -0.4 is 31.5 Å². The Balaban J connectivity index is 0.928. The zero-order valence-corrected chi connectivity index (χ0v) is 51.3. The molecule has 2 aromatic carbocycles. The summed E-state index contributed by atoms with van der Waals surface area (Å²) in [5.41, 5.74) is 6.72. The first-order valence-electron chi connectivity index (χ1n) is 27.9. The molecule has 452 valence electrons. The molecule has 1 aliphatic carbocycles. The number of aromatic nitrogens is 1. The summed E-state index contributed by atoms with van der Waals surface area (Å²) >= 11 is 0. The maximum absolute atomic E-state index is 14.6. The van der Waals surface area contributed by atoms with Crippen molar-refractivity contribution >= 4 is 97.6 Å². The number of carbonyl (C=O) groups is 7. The number of amides is 6. The lowest BCUT2D eigenvalue weighted by Crippen LogP contribution is -2.56. The number of rotatable bonds is 28. The molecule has 0 radical (unpaired) electrons. The van der Waals surface area contributed by atoms with Gasteiger partial charge in [0.1, 0.15) is 30.2 Å². The van der Waals surface area contributed by atoms with Gasteiger partial charge < -0.3 is 45.4 Å². The second-order valence-corrected chi connectivity index (χ2v) is 27.9. The van der Waals surface area contributed by atoms with Crippen LogP contribution >= 0.6 is 29.2 Å². The van der Waals surface area contributed by atoms with Gasteiger partial charge in [-0.15, -0.1) is 0 Å². The topological polar surface area (TPSA) is 317 Å². The van der Waals surface area contributed by atoms with Crippen molar-refractivity contribution in [2.24, 2.45) is 0 Å². The molecule has 0 spiro atoms. The Bertz CT molecular complexity index is 3330. The minimum atomic E-state index is -5.18. The van der Waals surface area contributed by atoms with Crippen molar-refractivity contribution in [1.82, 2.24) is 36.5 Å². The molecule has 4 aliphatic rings. The predicted octanol–water partition coefficient (Wildman–Crippen LogP) is 4.76. The van der Waals surface area contributed by atoms with Crippen molar-refractivity contribution in [3.05, 3.63) is 119 Å². The lowest BCUT2D eigenvalue weighted by molar-refractivity contribution is -0.401. The average Bonchev–Trinajstić information content (AvgIpc) is 2.00. The number of likely N-dealkylation sites (N-methyl/N-ethyl adjacent to an activating group) is 1. The normalized spacial score (nSPS) is 18.7. The summed E-state index contributed by atoms with van der Waals surface area (Å²) in [5.74, 6) is -5.40. The zero-order valence-electron chi connectivity index (χ0n) is 48.0. The summed E-state index contributed by atoms with van der Waals surface area (Å²) in [6.07, 6.45) is 5.45. The number of allylic oxidation sites excluding steroid dienone is 5. The Morgan fingerprint density at radius 3 is 2.18 bits per heavy atom. The number of unbranched alkanes of at least 4 members (excludes halogenated alkanes) is 2. The zero-order chi connectivity index (χ0) is 61.1. The van der Waals surface area contributed by atoms with Crippen LogP contribution in [0.2, 0.25) is 0 Å². The first-order chi connectivity index (χ1) is 39.7. The van der Waals surface area contributed by atoms with Crippen LogP contribution in [-0.2, 0) is 59.1 Å². The molecule has 1 aromatic heterocycles. The molecule has 4 heterocycles. The van der Waals surface area contributed by atoms with Crippen molar-refractivity contribution in [2.75, 3.05) is 56.3 Å². The van der Waals surface area contributed by atoms with Gasteiger partial charge in [-0.2, -0.15) is 4.58 Å². The van der Waals surface area contributed by atoms with E-state index in [1.165, 1.54) is 21.6 Å². The number of anilines is 1. The van der Waals surface area contributed by atoms with Crippen LogP contribution in [-0.4, -0.2) is 154 Å². The van der Waals surface area contributed by atoms with Crippen molar-refractivity contribution in [3.63, 3.8) is 0 Å². The van der Waals surface area contributed by atoms with Crippen molar-refractivity contribution in [3.8, 4) is 0 Å². The number of imide groups is 1. The van der Waals surface area contributed by atoms with Crippen molar-refractivity contribution in [2.45, 2.75) is 126 Å². The second kappa shape index (κ2) is 28.2. The van der Waals surface area contributed by atoms with Gasteiger partial charge in [0.15, 0.2) is 11.5 Å². The molecular weight excluding hydrogens is 1160 g/mol. The molecule has 3 unspecified atom stereocenters. The van der Waals surface area contributed by atoms with Crippen molar-refractivity contribution in [1.29, 1.82) is 0 Å². The quantitative estimate of drug-likeness (QED) is 0.0129. The highest BCUT2D eigenvalue weighted by Gasteiger charge is 2.49. The van der Waals surface area contributed by atoms with Gasteiger partial charge in [-0.05, 0) is 99.4 Å². The number of fused-ring (bicyclic) bond motifs is 2. The van der Waals surface area contributed by atoms with E-state index in [0.717, 1.165) is 38.9 Å². The van der Waals surface area contributed by atoms with E-state index in [1.54, 1.807) is 6.20 Å². The van der Waals surface area contributed by atoms with Gasteiger partial charge >= 0.3 is 7.60 Å². The summed E-state index contributed by atoms with van der Waals surface area (Å²) < 4.78 is 49.6. The fraction of sp³-hybridized carbons (Fsp3) is 0.466. The number of Topliss-reactive ketones (excluding diaryl/α,β-unsaturated/α-hetero) is 1. The van der Waals surface area contributed by atoms with Crippen LogP contribution in [0.25, 0.3) is 0 Å². The highest BCUT2D eigenvalue weighted by molar-refractivity contribution is 8.76. The van der Waals surface area contributed by atoms with Crippen LogP contribution in [0.1, 0.15) is 103 Å². The average molecular weight is 1230 g/mol. The summed E-state index contributed by atoms with van der Waals surface area (Å²) in [6, 6.07) is 17.3. The predicted molar refractivity (Wildman–Crippen MR) is 320 cm³/mol. The minimum absolute atomic E-state index is 0.00355. The molecular formula is C58H74N9O13PS3. The van der Waals surface area contributed by atoms with Gasteiger partial charge in [-0.3, -0.25) is 43.4 Å². The van der Waals surface area contributed by atoms with Crippen LogP contribution in [0.3, 0.4) is 0 Å². The number of pyridine rings is 1. The lowest BCUT2D eigenvalue weighted by atomic mass is 9.76. The second-order valence-electron chi connectivity index (χ2n) is 22.2. The first kappa shape index (κ1) is 65.1. The molecule has 0 saturated carbocycles. The van der Waals surface area contributed by atoms with Crippen molar-refractivity contribution < 1.29 is 65.5 Å². The monoisotopic (exact) mass is 1230 g/mol. The van der Waals surface area contributed by atoms with E-state index in [4.69, 9.17) is 0 Å². The smallest absolute Gasteiger partial charge is 0.325 e. The molecule has 84 heavy (non-hydrogen) atoms. The van der Waals surface area contributed by atoms with Crippen LogP contribution in [0.5, 0.6) is 0 Å². The SMILES string of the molecule is CN1/C(=C/C2=C(N3CCCC3C(=O)NC(=O)CCCCC(=O)NC(CS(=O)(=O)[O-])C(=O)NC(CCP(=O)(O)O)C(=O)NCCCCC(=O)NCCSSc3ccccn3)C(=C/C3=[N+](C)c4ccccc4C3(C)C)/C2=O)C(C)(C)c2ccccc21. The molecule has 7 rings (SSSR count). The number of hydrogen-bond acceptors (Lipinski definition) is 16. The van der Waals surface area contributed by atoms with E-state index in [0.29, 0.717) is 61.4 Å². The third-order valence-electron chi connectivity index (χ3n) is 15.4. The number of ketones is 1. The molecule has 26 heteroatoms. The molecule has 0 bridgehead atoms. The maximum Gasteiger partial charge on any atom is 0.325 e. The molecule has 7 N–H and O–H groups in total. The minimum Gasteiger partial charge on any atom is -0.748 e. The first-order valence-corrected chi connectivity index (χ1v) is 33.6. The van der Waals surface area contributed by atoms with E-state index in [2.05, 4.69) is 80.9 Å². The summed E-state index contributed by atoms with van der Waals surface area (Å²) in [6.45, 7) is 9.30. The van der Waals surface area contributed by atoms with E-state index in [1.807, 2.05) is 85.7 Å². The Kier molecular flexibility index (Phi) is 21.8. The van der Waals surface area contributed by atoms with Crippen LogP contribution in [0.4, 0.5) is 11.4 Å². The van der Waals surface area contributed by atoms with E-state index in [-0.39, 0.29) is 50.3 Å². The summed E-state index contributed by atoms with van der Waals surface area (Å²) in [5, 5.41) is 13.1. The Morgan fingerprint density at radius 2 is 1.50 bits per heavy atom. The third kappa shape index (κ3) is 16.5. The van der Waals surface area contributed by atoms with Crippen LogP contribution in [0.15, 0.2) is 113 Å². The van der Waals surface area contributed by atoms with Gasteiger partial charge in [0.2, 0.25) is 41.1 Å². The number of para-hydroxylation sites is 2. The number of nitrogens with zero attached hydrogens (tertiary/aromatic N) is 4. The van der Waals surface area contributed by atoms with Gasteiger partial charge in [0.05, 0.1) is 38.7 Å². The molecule has 3 aliphatic heterocycles. The van der Waals surface area contributed by atoms with Gasteiger partial charge in [0, 0.05) is 98.0 Å². The fourth-order valence-electron chi connectivity index (χ4n) is 11.0. The molecule has 3 atom stereocenters. The highest BCUT2D eigenvalue weighted by Crippen LogP contribution is 2.49. The number of benzene rings is 2. The highest BCUT2D eigenvalue weighted by atomic mass is 33.1. The standard InChI is InChI=1S/C58H74N9O13PS3/c1-57(2)39-18-7-9-20-43(39)65(5)46(57)34-37-52(38(53(37)71)35-47-58(3,4)40-19-8-10-21-44(40)66(47)6)67-31-17-22-45(67)56(74)64-50(70)25-12-11-24-49(69)62-42(36-84(78,79)80)55(73)63-41(27-32-81(75,76)77)54(72)61-29-15-13-23-48(68)59-30-33-82-83-51-26-14-16-28-60-51/h7-10,14,16,18-21,26,28,34-35,41-42,45H,11-13,15,17,22-25,27,29-33,36H2,1-6H3,(H7-,59,61,62,63,64,68,69,70,72,73,74,75,76,77,78,79,80). The molecule has 6 amide bonds. The summed E-state index contributed by atoms with van der Waals surface area (Å²) in [4.78, 5) is 122. The third-order valence-corrected chi connectivity index (χ3v) is 19.2. The molecule has 22 nitrogen and oxygen atoms in total. The Hall–Kier alpha value is -6.47. The molecule has 1 fully saturated rings. The summed E-state index contributed by atoms with van der Waals surface area (Å²) in [7, 11) is -2.94. The number of likely N-dealkylation sites (tertiary alicyclic amines) is 1. The van der Waals surface area contributed by atoms with Crippen LogP contribution in [0, 0.1) is 0 Å². The number of hydrogen-bond donors (Lipinski definition) is 7. The molecule has 1 saturated heterocycles. The Morgan fingerprint density at radius 1 is 0.833 bits per heavy atom.